The first-order valence-electron chi connectivity index (χ1n) is 10.2. The maximum atomic E-state index is 12.7. The monoisotopic (exact) mass is 439 g/mol. The summed E-state index contributed by atoms with van der Waals surface area (Å²) in [6.45, 7) is 10.0. The van der Waals surface area contributed by atoms with Crippen molar-refractivity contribution < 1.29 is 22.7 Å². The van der Waals surface area contributed by atoms with E-state index in [2.05, 4.69) is 16.3 Å². The summed E-state index contributed by atoms with van der Waals surface area (Å²) >= 11 is 0. The molecule has 8 nitrogen and oxygen atoms in total. The van der Waals surface area contributed by atoms with Gasteiger partial charge in [-0.2, -0.15) is 0 Å². The van der Waals surface area contributed by atoms with Crippen molar-refractivity contribution in [3.63, 3.8) is 0 Å². The number of ether oxygens (including phenoxy) is 2. The lowest BCUT2D eigenvalue weighted by atomic mass is 9.93. The van der Waals surface area contributed by atoms with Gasteiger partial charge in [-0.1, -0.05) is 12.6 Å². The van der Waals surface area contributed by atoms with Crippen LogP contribution in [-0.2, 0) is 25.9 Å². The SMILES string of the molecule is C=C(C)c1cccc(CC2C(NS(=O)(=O)CCOC)CCCN2C(=O)OC(C)C)n1. The molecule has 2 heterocycles. The highest BCUT2D eigenvalue weighted by Gasteiger charge is 2.37. The van der Waals surface area contributed by atoms with Crippen molar-refractivity contribution in [3.05, 3.63) is 36.2 Å². The van der Waals surface area contributed by atoms with E-state index in [4.69, 9.17) is 9.47 Å². The Morgan fingerprint density at radius 3 is 2.77 bits per heavy atom. The van der Waals surface area contributed by atoms with Crippen LogP contribution in [0.5, 0.6) is 0 Å². The molecule has 0 radical (unpaired) electrons. The third-order valence-corrected chi connectivity index (χ3v) is 6.27. The van der Waals surface area contributed by atoms with E-state index in [1.807, 2.05) is 25.1 Å². The number of sulfonamides is 1. The fourth-order valence-corrected chi connectivity index (χ4v) is 4.71. The van der Waals surface area contributed by atoms with Crippen LogP contribution in [0, 0.1) is 0 Å². The number of rotatable bonds is 9. The van der Waals surface area contributed by atoms with Crippen molar-refractivity contribution in [1.29, 1.82) is 0 Å². The quantitative estimate of drug-likeness (QED) is 0.635. The van der Waals surface area contributed by atoms with Crippen molar-refractivity contribution in [3.8, 4) is 0 Å². The first-order chi connectivity index (χ1) is 14.1. The molecule has 1 amide bonds. The van der Waals surface area contributed by atoms with Crippen LogP contribution in [0.1, 0.15) is 45.0 Å². The van der Waals surface area contributed by atoms with Gasteiger partial charge >= 0.3 is 6.09 Å². The molecule has 0 aromatic carbocycles. The molecule has 1 aromatic heterocycles. The number of carbonyl (C=O) groups excluding carboxylic acids is 1. The minimum absolute atomic E-state index is 0.105. The summed E-state index contributed by atoms with van der Waals surface area (Å²) in [5, 5.41) is 0. The molecule has 0 spiro atoms. The van der Waals surface area contributed by atoms with E-state index < -0.39 is 28.2 Å². The van der Waals surface area contributed by atoms with Crippen molar-refractivity contribution in [2.24, 2.45) is 0 Å². The van der Waals surface area contributed by atoms with Gasteiger partial charge in [0.2, 0.25) is 10.0 Å². The number of methoxy groups -OCH3 is 1. The zero-order valence-corrected chi connectivity index (χ0v) is 19.1. The largest absolute Gasteiger partial charge is 0.447 e. The van der Waals surface area contributed by atoms with Gasteiger partial charge < -0.3 is 14.4 Å². The third kappa shape index (κ3) is 7.07. The van der Waals surface area contributed by atoms with Crippen LogP contribution in [0.2, 0.25) is 0 Å². The molecule has 0 bridgehead atoms. The highest BCUT2D eigenvalue weighted by molar-refractivity contribution is 7.89. The number of likely N-dealkylation sites (tertiary alicyclic amines) is 1. The highest BCUT2D eigenvalue weighted by atomic mass is 32.2. The predicted molar refractivity (Wildman–Crippen MR) is 117 cm³/mol. The molecule has 168 valence electrons. The summed E-state index contributed by atoms with van der Waals surface area (Å²) in [5.41, 5.74) is 2.39. The number of pyridine rings is 1. The van der Waals surface area contributed by atoms with Crippen LogP contribution in [0.4, 0.5) is 4.79 Å². The number of carbonyl (C=O) groups is 1. The Labute approximate surface area is 179 Å². The molecule has 2 unspecified atom stereocenters. The summed E-state index contributed by atoms with van der Waals surface area (Å²) in [6.07, 6.45) is 1.02. The first-order valence-corrected chi connectivity index (χ1v) is 11.9. The lowest BCUT2D eigenvalue weighted by Crippen LogP contribution is -2.58. The highest BCUT2D eigenvalue weighted by Crippen LogP contribution is 2.24. The van der Waals surface area contributed by atoms with Crippen LogP contribution >= 0.6 is 0 Å². The topological polar surface area (TPSA) is 97.8 Å². The van der Waals surface area contributed by atoms with Crippen LogP contribution < -0.4 is 4.72 Å². The summed E-state index contributed by atoms with van der Waals surface area (Å²) in [4.78, 5) is 19.0. The molecule has 1 aromatic rings. The van der Waals surface area contributed by atoms with E-state index in [0.717, 1.165) is 17.0 Å². The summed E-state index contributed by atoms with van der Waals surface area (Å²) in [6, 6.07) is 4.81. The molecule has 1 aliphatic heterocycles. The van der Waals surface area contributed by atoms with Crippen LogP contribution in [0.25, 0.3) is 5.57 Å². The van der Waals surface area contributed by atoms with Gasteiger partial charge in [-0.3, -0.25) is 4.98 Å². The third-order valence-electron chi connectivity index (χ3n) is 4.90. The van der Waals surface area contributed by atoms with Gasteiger partial charge in [0.25, 0.3) is 0 Å². The molecule has 0 saturated carbocycles. The Bertz CT molecular complexity index is 841. The van der Waals surface area contributed by atoms with Gasteiger partial charge in [0, 0.05) is 31.8 Å². The minimum atomic E-state index is -3.55. The number of aromatic nitrogens is 1. The second-order valence-corrected chi connectivity index (χ2v) is 9.74. The van der Waals surface area contributed by atoms with Crippen molar-refractivity contribution in [2.45, 2.75) is 58.2 Å². The molecule has 1 N–H and O–H groups in total. The molecule has 1 saturated heterocycles. The lowest BCUT2D eigenvalue weighted by Gasteiger charge is -2.41. The molecular weight excluding hydrogens is 406 g/mol. The Morgan fingerprint density at radius 2 is 2.13 bits per heavy atom. The number of allylic oxidation sites excluding steroid dienone is 1. The van der Waals surface area contributed by atoms with E-state index >= 15 is 0 Å². The van der Waals surface area contributed by atoms with Gasteiger partial charge in [-0.25, -0.2) is 17.9 Å². The van der Waals surface area contributed by atoms with E-state index in [9.17, 15) is 13.2 Å². The normalized spacial score (nSPS) is 19.7. The smallest absolute Gasteiger partial charge is 0.410 e. The molecule has 0 aliphatic carbocycles. The number of nitrogens with one attached hydrogen (secondary N) is 1. The molecule has 2 rings (SSSR count). The summed E-state index contributed by atoms with van der Waals surface area (Å²) in [7, 11) is -2.09. The molecule has 1 fully saturated rings. The average molecular weight is 440 g/mol. The zero-order chi connectivity index (χ0) is 22.3. The van der Waals surface area contributed by atoms with Crippen molar-refractivity contribution in [1.82, 2.24) is 14.6 Å². The van der Waals surface area contributed by atoms with Crippen LogP contribution in [0.15, 0.2) is 24.8 Å². The molecule has 2 atom stereocenters. The molecule has 1 aliphatic rings. The fourth-order valence-electron chi connectivity index (χ4n) is 3.47. The Balaban J connectivity index is 2.31. The molecule has 30 heavy (non-hydrogen) atoms. The Hall–Kier alpha value is -1.97. The molecular formula is C21H33N3O5S. The number of hydrogen-bond donors (Lipinski definition) is 1. The van der Waals surface area contributed by atoms with Crippen LogP contribution in [-0.4, -0.2) is 68.6 Å². The lowest BCUT2D eigenvalue weighted by molar-refractivity contribution is 0.0458. The van der Waals surface area contributed by atoms with Gasteiger partial charge in [0.05, 0.1) is 30.2 Å². The first kappa shape index (κ1) is 24.3. The maximum Gasteiger partial charge on any atom is 0.410 e. The van der Waals surface area contributed by atoms with Crippen molar-refractivity contribution >= 4 is 21.7 Å². The summed E-state index contributed by atoms with van der Waals surface area (Å²) in [5.74, 6) is -0.132. The number of amides is 1. The number of hydrogen-bond acceptors (Lipinski definition) is 6. The van der Waals surface area contributed by atoms with Gasteiger partial charge in [-0.15, -0.1) is 0 Å². The van der Waals surface area contributed by atoms with E-state index in [1.165, 1.54) is 7.11 Å². The Morgan fingerprint density at radius 1 is 1.40 bits per heavy atom. The Kier molecular flexibility index (Phi) is 8.81. The van der Waals surface area contributed by atoms with Crippen molar-refractivity contribution in [2.75, 3.05) is 26.0 Å². The van der Waals surface area contributed by atoms with Crippen LogP contribution in [0.3, 0.4) is 0 Å². The van der Waals surface area contributed by atoms with Gasteiger partial charge in [-0.05, 0) is 51.3 Å². The maximum absolute atomic E-state index is 12.7. The number of nitrogens with zero attached hydrogens (tertiary/aromatic N) is 2. The second kappa shape index (κ2) is 10.9. The van der Waals surface area contributed by atoms with E-state index in [-0.39, 0.29) is 18.5 Å². The van der Waals surface area contributed by atoms with E-state index in [0.29, 0.717) is 25.8 Å². The van der Waals surface area contributed by atoms with Gasteiger partial charge in [0.1, 0.15) is 0 Å². The average Bonchev–Trinajstić information content (AvgIpc) is 2.67. The standard InChI is InChI=1S/C21H33N3O5S/c1-15(2)18-9-6-8-17(22-18)14-20-19(23-30(26,27)13-12-28-5)10-7-11-24(20)21(25)29-16(3)4/h6,8-9,16,19-20,23H,1,7,10-14H2,2-5H3. The summed E-state index contributed by atoms with van der Waals surface area (Å²) < 4.78 is 38.1. The fraction of sp³-hybridized carbons (Fsp3) is 0.619. The van der Waals surface area contributed by atoms with Gasteiger partial charge in [0.15, 0.2) is 0 Å². The second-order valence-electron chi connectivity index (χ2n) is 7.87. The predicted octanol–water partition coefficient (Wildman–Crippen LogP) is 2.60. The molecule has 9 heteroatoms. The number of piperidine rings is 1. The zero-order valence-electron chi connectivity index (χ0n) is 18.3. The minimum Gasteiger partial charge on any atom is -0.447 e. The van der Waals surface area contributed by atoms with E-state index in [1.54, 1.807) is 18.7 Å².